The fourth-order valence-electron chi connectivity index (χ4n) is 2.69. The smallest absolute Gasteiger partial charge is 0.128 e. The average Bonchev–Trinajstić information content (AvgIpc) is 2.28. The zero-order valence-electron chi connectivity index (χ0n) is 11.1. The lowest BCUT2D eigenvalue weighted by Gasteiger charge is -2.23. The highest BCUT2D eigenvalue weighted by molar-refractivity contribution is 5.44. The molecule has 0 aromatic heterocycles. The van der Waals surface area contributed by atoms with E-state index in [1.165, 1.54) is 0 Å². The van der Waals surface area contributed by atoms with Crippen molar-refractivity contribution in [2.75, 3.05) is 0 Å². The molecule has 0 amide bonds. The van der Waals surface area contributed by atoms with Crippen molar-refractivity contribution in [1.82, 2.24) is 0 Å². The molecule has 6 N–H and O–H groups in total. The Kier molecular flexibility index (Phi) is 4.49. The molecular formula is C13H24N2O2. The maximum Gasteiger partial charge on any atom is 0.128 e. The molecule has 0 bridgehead atoms. The van der Waals surface area contributed by atoms with E-state index in [1.54, 1.807) is 0 Å². The van der Waals surface area contributed by atoms with Crippen molar-refractivity contribution in [3.05, 3.63) is 22.3 Å². The van der Waals surface area contributed by atoms with Gasteiger partial charge in [0.15, 0.2) is 0 Å². The van der Waals surface area contributed by atoms with E-state index in [0.717, 1.165) is 17.6 Å². The molecule has 17 heavy (non-hydrogen) atoms. The summed E-state index contributed by atoms with van der Waals surface area (Å²) < 4.78 is 0. The Morgan fingerprint density at radius 2 is 1.53 bits per heavy atom. The summed E-state index contributed by atoms with van der Waals surface area (Å²) in [5.74, 6) is 0.759. The predicted octanol–water partition coefficient (Wildman–Crippen LogP) is 0.849. The van der Waals surface area contributed by atoms with Gasteiger partial charge in [-0.05, 0) is 32.1 Å². The third kappa shape index (κ3) is 2.77. The van der Waals surface area contributed by atoms with Gasteiger partial charge in [-0.3, -0.25) is 0 Å². The fraction of sp³-hybridized carbons (Fsp3) is 0.692. The van der Waals surface area contributed by atoms with Crippen molar-refractivity contribution < 1.29 is 10.2 Å². The second-order valence-corrected chi connectivity index (χ2v) is 5.15. The van der Waals surface area contributed by atoms with Gasteiger partial charge in [0.1, 0.15) is 12.5 Å². The van der Waals surface area contributed by atoms with E-state index in [-0.39, 0.29) is 0 Å². The van der Waals surface area contributed by atoms with Crippen molar-refractivity contribution >= 4 is 0 Å². The van der Waals surface area contributed by atoms with E-state index in [4.69, 9.17) is 11.5 Å². The van der Waals surface area contributed by atoms with E-state index in [1.807, 2.05) is 13.8 Å². The molecular weight excluding hydrogens is 216 g/mol. The largest absolute Gasteiger partial charge is 0.375 e. The lowest BCUT2D eigenvalue weighted by atomic mass is 9.86. The number of rotatable bonds is 2. The summed E-state index contributed by atoms with van der Waals surface area (Å²) in [5.41, 5.74) is 14.5. The van der Waals surface area contributed by atoms with Crippen LogP contribution < -0.4 is 11.5 Å². The predicted molar refractivity (Wildman–Crippen MR) is 68.7 cm³/mol. The maximum absolute atomic E-state index is 9.73. The average molecular weight is 240 g/mol. The number of nitrogens with two attached hydrogens (primary N) is 2. The molecule has 0 heterocycles. The number of hydrogen-bond donors (Lipinski definition) is 4. The third-order valence-electron chi connectivity index (χ3n) is 3.93. The van der Waals surface area contributed by atoms with Crippen LogP contribution in [0.5, 0.6) is 0 Å². The molecule has 0 saturated heterocycles. The van der Waals surface area contributed by atoms with Crippen molar-refractivity contribution in [1.29, 1.82) is 0 Å². The highest BCUT2D eigenvalue weighted by atomic mass is 16.3. The summed E-state index contributed by atoms with van der Waals surface area (Å²) in [4.78, 5) is 0. The van der Waals surface area contributed by atoms with Gasteiger partial charge < -0.3 is 21.7 Å². The summed E-state index contributed by atoms with van der Waals surface area (Å²) in [7, 11) is 0. The van der Waals surface area contributed by atoms with Crippen LogP contribution in [0.15, 0.2) is 22.3 Å². The molecule has 3 unspecified atom stereocenters. The van der Waals surface area contributed by atoms with Gasteiger partial charge in [0.25, 0.3) is 0 Å². The van der Waals surface area contributed by atoms with Gasteiger partial charge in [-0.2, -0.15) is 0 Å². The van der Waals surface area contributed by atoms with Gasteiger partial charge in [0, 0.05) is 11.1 Å². The van der Waals surface area contributed by atoms with Gasteiger partial charge in [0.05, 0.1) is 0 Å². The molecule has 0 spiro atoms. The van der Waals surface area contributed by atoms with Crippen molar-refractivity contribution in [3.63, 3.8) is 0 Å². The van der Waals surface area contributed by atoms with Crippen LogP contribution in [0.1, 0.15) is 34.1 Å². The Hall–Kier alpha value is -0.680. The normalized spacial score (nSPS) is 30.4. The molecule has 0 aliphatic heterocycles. The quantitative estimate of drug-likeness (QED) is 0.538. The van der Waals surface area contributed by atoms with Gasteiger partial charge in [-0.15, -0.1) is 0 Å². The number of allylic oxidation sites excluding steroid dienone is 2. The zero-order chi connectivity index (χ0) is 13.3. The lowest BCUT2D eigenvalue weighted by Crippen LogP contribution is -2.32. The van der Waals surface area contributed by atoms with Crippen LogP contribution >= 0.6 is 0 Å². The Bertz CT molecular complexity index is 356. The minimum absolute atomic E-state index is 0.314. The molecule has 0 fully saturated rings. The molecule has 1 rings (SSSR count). The first-order valence-electron chi connectivity index (χ1n) is 6.05. The second kappa shape index (κ2) is 5.31. The van der Waals surface area contributed by atoms with Crippen molar-refractivity contribution in [2.24, 2.45) is 23.3 Å². The van der Waals surface area contributed by atoms with E-state index in [0.29, 0.717) is 23.0 Å². The van der Waals surface area contributed by atoms with Gasteiger partial charge >= 0.3 is 0 Å². The van der Waals surface area contributed by atoms with Crippen LogP contribution in [0.2, 0.25) is 0 Å². The van der Waals surface area contributed by atoms with E-state index >= 15 is 0 Å². The molecule has 0 saturated carbocycles. The highest BCUT2D eigenvalue weighted by Gasteiger charge is 2.29. The minimum atomic E-state index is -1.09. The SMILES string of the molecule is CC1=C(C(N)O)C(C(N)O)=C(C)[C@H](C)C(C)C1. The van der Waals surface area contributed by atoms with Crippen LogP contribution in [0.3, 0.4) is 0 Å². The van der Waals surface area contributed by atoms with Crippen LogP contribution in [0, 0.1) is 11.8 Å². The Balaban J connectivity index is 3.42. The number of aliphatic hydroxyl groups is 2. The van der Waals surface area contributed by atoms with Crippen LogP contribution in [-0.4, -0.2) is 22.7 Å². The standard InChI is InChI=1S/C13H24N2O2/c1-6-5-7(2)10(12(14)16)11(13(15)17)9(4)8(6)3/h6,8,12-13,16-17H,5,14-15H2,1-4H3/t6?,8-,12?,13?/m1/s1. The van der Waals surface area contributed by atoms with Crippen molar-refractivity contribution in [2.45, 2.75) is 46.6 Å². The first kappa shape index (κ1) is 14.4. The Labute approximate surface area is 103 Å². The molecule has 1 aliphatic rings. The fourth-order valence-corrected chi connectivity index (χ4v) is 2.69. The number of aliphatic hydroxyl groups excluding tert-OH is 2. The molecule has 0 radical (unpaired) electrons. The molecule has 1 aliphatic carbocycles. The Morgan fingerprint density at radius 3 is 1.94 bits per heavy atom. The van der Waals surface area contributed by atoms with E-state index in [9.17, 15) is 10.2 Å². The van der Waals surface area contributed by atoms with Crippen LogP contribution in [0.4, 0.5) is 0 Å². The topological polar surface area (TPSA) is 92.5 Å². The summed E-state index contributed by atoms with van der Waals surface area (Å²) in [6.45, 7) is 8.16. The highest BCUT2D eigenvalue weighted by Crippen LogP contribution is 2.37. The van der Waals surface area contributed by atoms with Crippen molar-refractivity contribution in [3.8, 4) is 0 Å². The minimum Gasteiger partial charge on any atom is -0.375 e. The molecule has 4 atom stereocenters. The molecule has 0 aromatic rings. The number of hydrogen-bond acceptors (Lipinski definition) is 4. The monoisotopic (exact) mass is 240 g/mol. The summed E-state index contributed by atoms with van der Waals surface area (Å²) in [6, 6.07) is 0. The summed E-state index contributed by atoms with van der Waals surface area (Å²) in [5, 5.41) is 19.4. The molecule has 0 aromatic carbocycles. The molecule has 4 heteroatoms. The maximum atomic E-state index is 9.73. The van der Waals surface area contributed by atoms with Gasteiger partial charge in [-0.25, -0.2) is 0 Å². The molecule has 4 nitrogen and oxygen atoms in total. The van der Waals surface area contributed by atoms with Crippen LogP contribution in [-0.2, 0) is 0 Å². The van der Waals surface area contributed by atoms with Crippen LogP contribution in [0.25, 0.3) is 0 Å². The first-order chi connectivity index (χ1) is 7.77. The van der Waals surface area contributed by atoms with E-state index < -0.39 is 12.5 Å². The lowest BCUT2D eigenvalue weighted by molar-refractivity contribution is 0.192. The zero-order valence-corrected chi connectivity index (χ0v) is 11.1. The summed E-state index contributed by atoms with van der Waals surface area (Å²) >= 11 is 0. The first-order valence-corrected chi connectivity index (χ1v) is 6.05. The van der Waals surface area contributed by atoms with E-state index in [2.05, 4.69) is 13.8 Å². The van der Waals surface area contributed by atoms with Gasteiger partial charge in [-0.1, -0.05) is 25.0 Å². The van der Waals surface area contributed by atoms with Gasteiger partial charge in [0.2, 0.25) is 0 Å². The Morgan fingerprint density at radius 1 is 1.06 bits per heavy atom. The second-order valence-electron chi connectivity index (χ2n) is 5.15. The third-order valence-corrected chi connectivity index (χ3v) is 3.93. The molecule has 98 valence electrons. The summed E-state index contributed by atoms with van der Waals surface area (Å²) in [6.07, 6.45) is -1.32.